The summed E-state index contributed by atoms with van der Waals surface area (Å²) >= 11 is 0. The molecule has 0 spiro atoms. The molecule has 0 bridgehead atoms. The number of alkyl halides is 3. The van der Waals surface area contributed by atoms with Gasteiger partial charge in [-0.05, 0) is 25.0 Å². The van der Waals surface area contributed by atoms with Crippen LogP contribution in [0.15, 0.2) is 24.3 Å². The Morgan fingerprint density at radius 2 is 1.67 bits per heavy atom. The summed E-state index contributed by atoms with van der Waals surface area (Å²) < 4.78 is 53.7. The first-order valence-electron chi connectivity index (χ1n) is 6.79. The first-order valence-corrected chi connectivity index (χ1v) is 8.01. The Kier molecular flexibility index (Phi) is 4.98. The largest absolute Gasteiger partial charge is 1.00 e. The van der Waals surface area contributed by atoms with Crippen molar-refractivity contribution in [3.05, 3.63) is 35.0 Å². The second-order valence-corrected chi connectivity index (χ2v) is 7.30. The van der Waals surface area contributed by atoms with Crippen molar-refractivity contribution < 1.29 is 34.5 Å². The zero-order valence-corrected chi connectivity index (χ0v) is 13.6. The summed E-state index contributed by atoms with van der Waals surface area (Å²) in [6.45, 7) is 0. The van der Waals surface area contributed by atoms with E-state index < -0.39 is 21.8 Å². The molecule has 0 radical (unpaired) electrons. The van der Waals surface area contributed by atoms with E-state index in [2.05, 4.69) is 0 Å². The maximum Gasteiger partial charge on any atom is 0.600 e. The minimum absolute atomic E-state index is 0. The molecule has 0 N–H and O–H groups in total. The predicted octanol–water partition coefficient (Wildman–Crippen LogP) is 3.26. The van der Waals surface area contributed by atoms with Crippen LogP contribution in [0.2, 0.25) is 0 Å². The van der Waals surface area contributed by atoms with Gasteiger partial charge in [0.25, 0.3) is 0 Å². The standard InChI is InChI=1S/C15H15F4S.BrH/c16-12-7-6-11-8-13(10-4-2-1-3-5-10)20(14(11)9-12)15(17,18)19;/h6-10H,1-5H2;1H/q+1;/p-1. The lowest BCUT2D eigenvalue weighted by Crippen LogP contribution is -3.00. The van der Waals surface area contributed by atoms with Gasteiger partial charge in [-0.25, -0.2) is 4.39 Å². The fraction of sp³-hybridized carbons (Fsp3) is 0.467. The maximum atomic E-state index is 13.4. The molecule has 1 aromatic heterocycles. The van der Waals surface area contributed by atoms with E-state index in [1.165, 1.54) is 12.1 Å². The monoisotopic (exact) mass is 382 g/mol. The molecule has 1 aliphatic carbocycles. The average molecular weight is 383 g/mol. The lowest BCUT2D eigenvalue weighted by Gasteiger charge is -2.18. The Morgan fingerprint density at radius 1 is 1.00 bits per heavy atom. The molecule has 6 heteroatoms. The van der Waals surface area contributed by atoms with Gasteiger partial charge in [0.1, 0.15) is 5.82 Å². The van der Waals surface area contributed by atoms with Gasteiger partial charge in [-0.2, -0.15) is 0 Å². The van der Waals surface area contributed by atoms with Crippen molar-refractivity contribution in [1.82, 2.24) is 0 Å². The van der Waals surface area contributed by atoms with Crippen LogP contribution in [0.25, 0.3) is 10.1 Å². The van der Waals surface area contributed by atoms with E-state index in [9.17, 15) is 17.6 Å². The highest BCUT2D eigenvalue weighted by Crippen LogP contribution is 2.55. The highest BCUT2D eigenvalue weighted by Gasteiger charge is 2.49. The van der Waals surface area contributed by atoms with Gasteiger partial charge in [0, 0.05) is 23.4 Å². The molecule has 1 atom stereocenters. The van der Waals surface area contributed by atoms with Crippen molar-refractivity contribution in [1.29, 1.82) is 0 Å². The molecule has 0 saturated heterocycles. The van der Waals surface area contributed by atoms with Gasteiger partial charge in [0.15, 0.2) is 9.58 Å². The number of hydrogen-bond acceptors (Lipinski definition) is 0. The number of rotatable bonds is 1. The zero-order valence-electron chi connectivity index (χ0n) is 11.2. The van der Waals surface area contributed by atoms with Gasteiger partial charge in [-0.1, -0.05) is 19.3 Å². The highest BCUT2D eigenvalue weighted by atomic mass is 79.9. The first kappa shape index (κ1) is 16.7. The molecule has 0 nitrogen and oxygen atoms in total. The van der Waals surface area contributed by atoms with E-state index in [1.807, 2.05) is 0 Å². The Bertz CT molecular complexity index is 626. The summed E-state index contributed by atoms with van der Waals surface area (Å²) in [5, 5.41) is 0.535. The van der Waals surface area contributed by atoms with Gasteiger partial charge in [-0.15, -0.1) is 13.2 Å². The number of hydrogen-bond donors (Lipinski definition) is 0. The van der Waals surface area contributed by atoms with Gasteiger partial charge in [0.2, 0.25) is 0 Å². The van der Waals surface area contributed by atoms with E-state index >= 15 is 0 Å². The second-order valence-electron chi connectivity index (χ2n) is 5.32. The first-order chi connectivity index (χ1) is 9.47. The van der Waals surface area contributed by atoms with Crippen molar-refractivity contribution >= 4 is 20.6 Å². The van der Waals surface area contributed by atoms with Gasteiger partial charge in [0.05, 0.1) is 10.5 Å². The van der Waals surface area contributed by atoms with Crippen LogP contribution in [0.4, 0.5) is 17.6 Å². The topological polar surface area (TPSA) is 0 Å². The van der Waals surface area contributed by atoms with Crippen LogP contribution in [0.1, 0.15) is 42.9 Å². The Hall–Kier alpha value is -0.620. The van der Waals surface area contributed by atoms with Crippen molar-refractivity contribution in [2.24, 2.45) is 0 Å². The van der Waals surface area contributed by atoms with Crippen molar-refractivity contribution in [3.63, 3.8) is 0 Å². The smallest absolute Gasteiger partial charge is 0.600 e. The minimum Gasteiger partial charge on any atom is -1.00 e. The molecule has 1 saturated carbocycles. The van der Waals surface area contributed by atoms with E-state index in [4.69, 9.17) is 0 Å². The highest BCUT2D eigenvalue weighted by molar-refractivity contribution is 7.38. The summed E-state index contributed by atoms with van der Waals surface area (Å²) in [5.74, 6) is -0.590. The fourth-order valence-corrected chi connectivity index (χ4v) is 5.25. The molecule has 0 amide bonds. The summed E-state index contributed by atoms with van der Waals surface area (Å²) in [7, 11) is -1.94. The van der Waals surface area contributed by atoms with E-state index in [0.717, 1.165) is 38.2 Å². The van der Waals surface area contributed by atoms with E-state index in [1.54, 1.807) is 6.07 Å². The van der Waals surface area contributed by atoms with Gasteiger partial charge < -0.3 is 17.0 Å². The second kappa shape index (κ2) is 6.24. The lowest BCUT2D eigenvalue weighted by atomic mass is 9.88. The van der Waals surface area contributed by atoms with Crippen LogP contribution in [-0.4, -0.2) is 0 Å². The molecule has 1 fully saturated rings. The van der Waals surface area contributed by atoms with Crippen molar-refractivity contribution in [3.8, 4) is 0 Å². The molecule has 1 unspecified atom stereocenters. The average Bonchev–Trinajstić information content (AvgIpc) is 2.78. The summed E-state index contributed by atoms with van der Waals surface area (Å²) in [6, 6.07) is 5.41. The van der Waals surface area contributed by atoms with Crippen LogP contribution in [0.5, 0.6) is 0 Å². The van der Waals surface area contributed by atoms with Crippen LogP contribution >= 0.6 is 10.5 Å². The summed E-state index contributed by atoms with van der Waals surface area (Å²) in [6.07, 6.45) is 4.72. The molecule has 1 aliphatic rings. The third-order valence-electron chi connectivity index (χ3n) is 3.97. The van der Waals surface area contributed by atoms with Crippen LogP contribution < -0.4 is 17.0 Å². The maximum absolute atomic E-state index is 13.4. The number of thiophene rings is 1. The Balaban J connectivity index is 0.00000161. The third-order valence-corrected chi connectivity index (χ3v) is 6.15. The molecule has 1 aromatic carbocycles. The van der Waals surface area contributed by atoms with Crippen LogP contribution in [0, 0.1) is 5.82 Å². The van der Waals surface area contributed by atoms with Crippen LogP contribution in [-0.2, 0) is 5.51 Å². The fourth-order valence-electron chi connectivity index (χ4n) is 3.07. The Morgan fingerprint density at radius 3 is 2.29 bits per heavy atom. The van der Waals surface area contributed by atoms with Gasteiger partial charge >= 0.3 is 5.51 Å². The SMILES string of the molecule is Fc1ccc2cc(C3CCCCC3)[s+](C(F)(F)F)c2c1.[Br-]. The lowest BCUT2D eigenvalue weighted by molar-refractivity contribution is -0.0868. The molecular weight excluding hydrogens is 368 g/mol. The molecular formula is C15H15BrF4S. The predicted molar refractivity (Wildman–Crippen MR) is 73.5 cm³/mol. The minimum atomic E-state index is -4.32. The summed E-state index contributed by atoms with van der Waals surface area (Å²) in [5.41, 5.74) is -4.32. The van der Waals surface area contributed by atoms with E-state index in [0.29, 0.717) is 10.3 Å². The Labute approximate surface area is 133 Å². The third kappa shape index (κ3) is 3.26. The number of fused-ring (bicyclic) bond motifs is 1. The molecule has 116 valence electrons. The molecule has 3 rings (SSSR count). The zero-order chi connectivity index (χ0) is 14.3. The normalized spacial score (nSPS) is 17.8. The number of benzene rings is 1. The summed E-state index contributed by atoms with van der Waals surface area (Å²) in [4.78, 5) is 0.470. The molecule has 21 heavy (non-hydrogen) atoms. The van der Waals surface area contributed by atoms with Crippen molar-refractivity contribution in [2.45, 2.75) is 43.5 Å². The van der Waals surface area contributed by atoms with Crippen LogP contribution in [0.3, 0.4) is 0 Å². The van der Waals surface area contributed by atoms with Gasteiger partial charge in [-0.3, -0.25) is 0 Å². The van der Waals surface area contributed by atoms with Crippen molar-refractivity contribution in [2.75, 3.05) is 0 Å². The molecule has 2 aromatic rings. The molecule has 0 aliphatic heterocycles. The van der Waals surface area contributed by atoms with E-state index in [-0.39, 0.29) is 27.6 Å². The molecule has 1 heterocycles. The quantitative estimate of drug-likeness (QED) is 0.524. The number of halogens is 5.